The largest absolute Gasteiger partial charge is 0.445 e. The predicted molar refractivity (Wildman–Crippen MR) is 104 cm³/mol. The second-order valence-electron chi connectivity index (χ2n) is 7.26. The fraction of sp³-hybridized carbons (Fsp3) is 0.364. The third-order valence-corrected chi connectivity index (χ3v) is 4.68. The van der Waals surface area contributed by atoms with Gasteiger partial charge in [-0.25, -0.2) is 4.79 Å². The maximum atomic E-state index is 12.4. The normalized spacial score (nSPS) is 19.2. The molecule has 0 bridgehead atoms. The molecule has 1 saturated carbocycles. The molecule has 0 aliphatic heterocycles. The summed E-state index contributed by atoms with van der Waals surface area (Å²) in [5.74, 6) is 0.0536. The van der Waals surface area contributed by atoms with Gasteiger partial charge < -0.3 is 15.4 Å². The minimum atomic E-state index is -0.470. The van der Waals surface area contributed by atoms with Gasteiger partial charge in [0.25, 0.3) is 0 Å². The van der Waals surface area contributed by atoms with Crippen LogP contribution in [0.2, 0.25) is 0 Å². The number of hydrogen-bond donors (Lipinski definition) is 2. The molecule has 5 nitrogen and oxygen atoms in total. The van der Waals surface area contributed by atoms with Gasteiger partial charge in [-0.3, -0.25) is 4.79 Å². The van der Waals surface area contributed by atoms with Crippen molar-refractivity contribution in [3.8, 4) is 0 Å². The van der Waals surface area contributed by atoms with Crippen LogP contribution in [0, 0.1) is 11.8 Å². The van der Waals surface area contributed by atoms with Crippen LogP contribution in [0.15, 0.2) is 60.7 Å². The first-order valence-corrected chi connectivity index (χ1v) is 9.37. The zero-order valence-electron chi connectivity index (χ0n) is 15.7. The van der Waals surface area contributed by atoms with E-state index in [4.69, 9.17) is 4.74 Å². The van der Waals surface area contributed by atoms with Gasteiger partial charge in [0, 0.05) is 12.0 Å². The molecule has 1 fully saturated rings. The molecular formula is C22H26N2O3. The van der Waals surface area contributed by atoms with E-state index >= 15 is 0 Å². The average molecular weight is 366 g/mol. The Bertz CT molecular complexity index is 762. The Labute approximate surface area is 160 Å². The van der Waals surface area contributed by atoms with Crippen LogP contribution < -0.4 is 10.6 Å². The molecule has 0 unspecified atom stereocenters. The highest BCUT2D eigenvalue weighted by Gasteiger charge is 2.48. The summed E-state index contributed by atoms with van der Waals surface area (Å²) in [4.78, 5) is 24.7. The molecule has 3 atom stereocenters. The van der Waals surface area contributed by atoms with E-state index in [9.17, 15) is 9.59 Å². The Balaban J connectivity index is 1.63. The smallest absolute Gasteiger partial charge is 0.407 e. The number of carbonyl (C=O) groups excluding carboxylic acids is 2. The summed E-state index contributed by atoms with van der Waals surface area (Å²) in [5, 5.41) is 5.92. The number of nitrogens with one attached hydrogen (secondary N) is 2. The minimum Gasteiger partial charge on any atom is -0.445 e. The van der Waals surface area contributed by atoms with Crippen LogP contribution in [-0.2, 0) is 16.1 Å². The lowest BCUT2D eigenvalue weighted by molar-refractivity contribution is -0.123. The van der Waals surface area contributed by atoms with E-state index in [0.717, 1.165) is 17.5 Å². The van der Waals surface area contributed by atoms with Crippen LogP contribution in [0.1, 0.15) is 37.4 Å². The Hall–Kier alpha value is -2.82. The molecule has 142 valence electrons. The molecule has 1 aliphatic carbocycles. The quantitative estimate of drug-likeness (QED) is 0.783. The van der Waals surface area contributed by atoms with Gasteiger partial charge in [0.2, 0.25) is 5.91 Å². The first-order chi connectivity index (χ1) is 13.0. The summed E-state index contributed by atoms with van der Waals surface area (Å²) in [7, 11) is 0. The summed E-state index contributed by atoms with van der Waals surface area (Å²) >= 11 is 0. The van der Waals surface area contributed by atoms with Crippen LogP contribution >= 0.6 is 0 Å². The first-order valence-electron chi connectivity index (χ1n) is 9.37. The first kappa shape index (κ1) is 19.0. The Morgan fingerprint density at radius 1 is 1.00 bits per heavy atom. The summed E-state index contributed by atoms with van der Waals surface area (Å²) in [6, 6.07) is 19.2. The highest BCUT2D eigenvalue weighted by molar-refractivity contribution is 5.82. The van der Waals surface area contributed by atoms with E-state index in [1.165, 1.54) is 0 Å². The molecule has 2 aromatic carbocycles. The van der Waals surface area contributed by atoms with E-state index in [2.05, 4.69) is 10.6 Å². The van der Waals surface area contributed by atoms with Crippen molar-refractivity contribution in [2.75, 3.05) is 0 Å². The number of benzene rings is 2. The standard InChI is InChI=1S/C22H26N2O3/c1-15(2)23-21(25)19-13-18(19)20(17-11-7-4-8-12-17)24-22(26)27-14-16-9-5-3-6-10-16/h3-12,15,18-20H,13-14H2,1-2H3,(H,23,25)(H,24,26)/t18-,19-,20+/m0/s1. The van der Waals surface area contributed by atoms with Crippen LogP contribution in [0.4, 0.5) is 4.79 Å². The van der Waals surface area contributed by atoms with Crippen molar-refractivity contribution in [1.29, 1.82) is 0 Å². The fourth-order valence-corrected chi connectivity index (χ4v) is 3.27. The molecule has 0 aromatic heterocycles. The molecule has 0 radical (unpaired) electrons. The highest BCUT2D eigenvalue weighted by atomic mass is 16.5. The van der Waals surface area contributed by atoms with Crippen molar-refractivity contribution < 1.29 is 14.3 Å². The average Bonchev–Trinajstić information content (AvgIpc) is 3.46. The number of carbonyl (C=O) groups is 2. The van der Waals surface area contributed by atoms with Gasteiger partial charge in [-0.1, -0.05) is 60.7 Å². The van der Waals surface area contributed by atoms with Gasteiger partial charge >= 0.3 is 6.09 Å². The molecule has 0 heterocycles. The lowest BCUT2D eigenvalue weighted by Crippen LogP contribution is -2.34. The lowest BCUT2D eigenvalue weighted by atomic mass is 10.0. The van der Waals surface area contributed by atoms with Crippen LogP contribution in [0.25, 0.3) is 0 Å². The van der Waals surface area contributed by atoms with E-state index < -0.39 is 6.09 Å². The van der Waals surface area contributed by atoms with Gasteiger partial charge in [-0.05, 0) is 37.3 Å². The number of amides is 2. The van der Waals surface area contributed by atoms with Gasteiger partial charge in [-0.2, -0.15) is 0 Å². The topological polar surface area (TPSA) is 67.4 Å². The van der Waals surface area contributed by atoms with Gasteiger partial charge in [0.1, 0.15) is 6.61 Å². The fourth-order valence-electron chi connectivity index (χ4n) is 3.27. The lowest BCUT2D eigenvalue weighted by Gasteiger charge is -2.19. The monoisotopic (exact) mass is 366 g/mol. The Morgan fingerprint density at radius 2 is 1.63 bits per heavy atom. The molecule has 2 N–H and O–H groups in total. The zero-order chi connectivity index (χ0) is 19.2. The van der Waals surface area contributed by atoms with Crippen molar-refractivity contribution in [3.05, 3.63) is 71.8 Å². The predicted octanol–water partition coefficient (Wildman–Crippen LogP) is 3.81. The van der Waals surface area contributed by atoms with Crippen LogP contribution in [-0.4, -0.2) is 18.0 Å². The van der Waals surface area contributed by atoms with E-state index in [0.29, 0.717) is 0 Å². The maximum absolute atomic E-state index is 12.4. The molecule has 3 rings (SSSR count). The molecular weight excluding hydrogens is 340 g/mol. The summed E-state index contributed by atoms with van der Waals surface area (Å²) < 4.78 is 5.37. The highest BCUT2D eigenvalue weighted by Crippen LogP contribution is 2.47. The van der Waals surface area contributed by atoms with Crippen molar-refractivity contribution in [2.45, 2.75) is 39.0 Å². The zero-order valence-corrected chi connectivity index (χ0v) is 15.7. The molecule has 5 heteroatoms. The van der Waals surface area contributed by atoms with E-state index in [-0.39, 0.29) is 36.4 Å². The Morgan fingerprint density at radius 3 is 2.26 bits per heavy atom. The van der Waals surface area contributed by atoms with Gasteiger partial charge in [0.15, 0.2) is 0 Å². The van der Waals surface area contributed by atoms with Crippen LogP contribution in [0.5, 0.6) is 0 Å². The summed E-state index contributed by atoms with van der Waals surface area (Å²) in [6.07, 6.45) is 0.291. The maximum Gasteiger partial charge on any atom is 0.407 e. The van der Waals surface area contributed by atoms with Crippen LogP contribution in [0.3, 0.4) is 0 Å². The van der Waals surface area contributed by atoms with E-state index in [1.54, 1.807) is 0 Å². The summed E-state index contributed by atoms with van der Waals surface area (Å²) in [5.41, 5.74) is 1.92. The van der Waals surface area contributed by atoms with Crippen molar-refractivity contribution in [1.82, 2.24) is 10.6 Å². The molecule has 2 amide bonds. The number of rotatable bonds is 7. The van der Waals surface area contributed by atoms with Gasteiger partial charge in [-0.15, -0.1) is 0 Å². The van der Waals surface area contributed by atoms with Gasteiger partial charge in [0.05, 0.1) is 6.04 Å². The number of alkyl carbamates (subject to hydrolysis) is 1. The van der Waals surface area contributed by atoms with Crippen molar-refractivity contribution >= 4 is 12.0 Å². The van der Waals surface area contributed by atoms with Crippen molar-refractivity contribution in [3.63, 3.8) is 0 Å². The Kier molecular flexibility index (Phi) is 6.12. The van der Waals surface area contributed by atoms with Crippen molar-refractivity contribution in [2.24, 2.45) is 11.8 Å². The molecule has 0 saturated heterocycles. The second-order valence-corrected chi connectivity index (χ2v) is 7.26. The molecule has 1 aliphatic rings. The number of ether oxygens (including phenoxy) is 1. The third kappa shape index (κ3) is 5.33. The molecule has 2 aromatic rings. The second kappa shape index (κ2) is 8.71. The third-order valence-electron chi connectivity index (χ3n) is 4.68. The van der Waals surface area contributed by atoms with E-state index in [1.807, 2.05) is 74.5 Å². The molecule has 27 heavy (non-hydrogen) atoms. The molecule has 0 spiro atoms. The SMILES string of the molecule is CC(C)NC(=O)[C@H]1C[C@@H]1[C@H](NC(=O)OCc1ccccc1)c1ccccc1. The minimum absolute atomic E-state index is 0.0513. The summed E-state index contributed by atoms with van der Waals surface area (Å²) in [6.45, 7) is 4.11. The number of hydrogen-bond acceptors (Lipinski definition) is 3.